The van der Waals surface area contributed by atoms with Gasteiger partial charge >= 0.3 is 0 Å². The van der Waals surface area contributed by atoms with Crippen molar-refractivity contribution in [1.29, 1.82) is 0 Å². The molecule has 150 valence electrons. The third kappa shape index (κ3) is 1.98. The molecule has 0 aliphatic rings. The van der Waals surface area contributed by atoms with Crippen LogP contribution in [-0.2, 0) is 0 Å². The molecule has 4 aromatic heterocycles. The topological polar surface area (TPSA) is 81.7 Å². The van der Waals surface area contributed by atoms with Crippen molar-refractivity contribution in [3.63, 3.8) is 0 Å². The highest BCUT2D eigenvalue weighted by Gasteiger charge is 2.19. The minimum Gasteiger partial charge on any atom is -0.456 e. The highest BCUT2D eigenvalue weighted by Crippen LogP contribution is 2.29. The Bertz CT molecular complexity index is 2110. The molecule has 0 aliphatic carbocycles. The Hall–Kier alpha value is -4.58. The molecule has 4 heterocycles. The molecular formula is C26H12N2O4. The maximum absolute atomic E-state index is 13.5. The van der Waals surface area contributed by atoms with Crippen molar-refractivity contribution >= 4 is 60.0 Å². The minimum atomic E-state index is -0.276. The lowest BCUT2D eigenvalue weighted by molar-refractivity contribution is 0.660. The SMILES string of the molecule is O=c1c2ccccc2oc2cc3c(cc12)c(=O)c1cncc2c(=O)c4ccccc4n3c21. The fourth-order valence-electron chi connectivity index (χ4n) is 4.75. The third-order valence-corrected chi connectivity index (χ3v) is 6.20. The monoisotopic (exact) mass is 416 g/mol. The fourth-order valence-corrected chi connectivity index (χ4v) is 4.75. The minimum absolute atomic E-state index is 0.171. The summed E-state index contributed by atoms with van der Waals surface area (Å²) in [5.74, 6) is 0. The van der Waals surface area contributed by atoms with E-state index < -0.39 is 0 Å². The molecule has 0 saturated heterocycles. The van der Waals surface area contributed by atoms with Gasteiger partial charge in [-0.25, -0.2) is 0 Å². The van der Waals surface area contributed by atoms with E-state index in [2.05, 4.69) is 4.98 Å². The predicted octanol–water partition coefficient (Wildman–Crippen LogP) is 4.21. The highest BCUT2D eigenvalue weighted by molar-refractivity contribution is 6.09. The van der Waals surface area contributed by atoms with Crippen LogP contribution in [0.4, 0.5) is 0 Å². The van der Waals surface area contributed by atoms with Gasteiger partial charge in [-0.15, -0.1) is 0 Å². The molecule has 6 nitrogen and oxygen atoms in total. The summed E-state index contributed by atoms with van der Waals surface area (Å²) < 4.78 is 7.95. The molecule has 0 fully saturated rings. The summed E-state index contributed by atoms with van der Waals surface area (Å²) in [4.78, 5) is 43.9. The molecule has 32 heavy (non-hydrogen) atoms. The molecule has 0 amide bonds. The van der Waals surface area contributed by atoms with Crippen LogP contribution in [0.3, 0.4) is 0 Å². The van der Waals surface area contributed by atoms with Crippen molar-refractivity contribution in [3.8, 4) is 0 Å². The van der Waals surface area contributed by atoms with E-state index in [4.69, 9.17) is 4.42 Å². The van der Waals surface area contributed by atoms with Crippen LogP contribution in [-0.4, -0.2) is 9.38 Å². The van der Waals surface area contributed by atoms with Gasteiger partial charge in [0.25, 0.3) is 0 Å². The highest BCUT2D eigenvalue weighted by atomic mass is 16.3. The van der Waals surface area contributed by atoms with E-state index in [-0.39, 0.29) is 16.3 Å². The Kier molecular flexibility index (Phi) is 3.09. The number of nitrogens with zero attached hydrogens (tertiary/aromatic N) is 2. The molecular weight excluding hydrogens is 404 g/mol. The summed E-state index contributed by atoms with van der Waals surface area (Å²) in [6, 6.07) is 17.6. The normalized spacial score (nSPS) is 12.1. The molecule has 0 unspecified atom stereocenters. The average Bonchev–Trinajstić information content (AvgIpc) is 2.83. The van der Waals surface area contributed by atoms with E-state index in [1.54, 1.807) is 48.5 Å². The van der Waals surface area contributed by atoms with E-state index in [0.717, 1.165) is 0 Å². The van der Waals surface area contributed by atoms with Crippen LogP contribution in [0.5, 0.6) is 0 Å². The van der Waals surface area contributed by atoms with Crippen LogP contribution >= 0.6 is 0 Å². The number of fused-ring (bicyclic) bond motifs is 6. The van der Waals surface area contributed by atoms with Crippen molar-refractivity contribution in [2.75, 3.05) is 0 Å². The van der Waals surface area contributed by atoms with Gasteiger partial charge in [0.15, 0.2) is 10.9 Å². The van der Waals surface area contributed by atoms with Crippen LogP contribution < -0.4 is 16.3 Å². The summed E-state index contributed by atoms with van der Waals surface area (Å²) in [5, 5.41) is 2.41. The molecule has 0 aliphatic heterocycles. The van der Waals surface area contributed by atoms with Crippen LogP contribution in [0.1, 0.15) is 0 Å². The van der Waals surface area contributed by atoms with Gasteiger partial charge < -0.3 is 8.82 Å². The standard InChI is InChI=1S/C26H12N2O4/c29-24-13-5-1-3-7-19(13)28-20-10-22-16(25(30)14-6-2-4-8-21(14)32-22)9-15(20)26(31)18-12-27-11-17(24)23(18)28/h1-12H. The van der Waals surface area contributed by atoms with E-state index in [0.29, 0.717) is 60.0 Å². The second kappa shape index (κ2) is 5.76. The number of hydrogen-bond donors (Lipinski definition) is 0. The van der Waals surface area contributed by atoms with Crippen LogP contribution in [0.15, 0.2) is 91.9 Å². The summed E-state index contributed by atoms with van der Waals surface area (Å²) in [6.45, 7) is 0. The first-order valence-corrected chi connectivity index (χ1v) is 10.1. The second-order valence-electron chi connectivity index (χ2n) is 7.89. The smallest absolute Gasteiger partial charge is 0.200 e. The second-order valence-corrected chi connectivity index (χ2v) is 7.89. The maximum Gasteiger partial charge on any atom is 0.200 e. The molecule has 3 aromatic carbocycles. The lowest BCUT2D eigenvalue weighted by atomic mass is 10.0. The number of rotatable bonds is 0. The van der Waals surface area contributed by atoms with Gasteiger partial charge in [-0.3, -0.25) is 19.4 Å². The Labute approximate surface area is 177 Å². The predicted molar refractivity (Wildman–Crippen MR) is 125 cm³/mol. The lowest BCUT2D eigenvalue weighted by Gasteiger charge is -2.14. The molecule has 6 heteroatoms. The van der Waals surface area contributed by atoms with Gasteiger partial charge in [0.05, 0.1) is 38.1 Å². The third-order valence-electron chi connectivity index (χ3n) is 6.20. The number of benzene rings is 3. The van der Waals surface area contributed by atoms with E-state index in [9.17, 15) is 14.4 Å². The van der Waals surface area contributed by atoms with E-state index in [1.807, 2.05) is 16.5 Å². The van der Waals surface area contributed by atoms with Gasteiger partial charge in [0.2, 0.25) is 5.43 Å². The Morgan fingerprint density at radius 1 is 0.594 bits per heavy atom. The van der Waals surface area contributed by atoms with Crippen LogP contribution in [0.2, 0.25) is 0 Å². The van der Waals surface area contributed by atoms with Gasteiger partial charge in [0, 0.05) is 29.2 Å². The molecule has 0 bridgehead atoms. The van der Waals surface area contributed by atoms with Crippen LogP contribution in [0.25, 0.3) is 60.0 Å². The Balaban J connectivity index is 1.87. The summed E-state index contributed by atoms with van der Waals surface area (Å²) in [6.07, 6.45) is 2.97. The molecule has 7 rings (SSSR count). The van der Waals surface area contributed by atoms with Crippen LogP contribution in [0, 0.1) is 0 Å². The maximum atomic E-state index is 13.5. The van der Waals surface area contributed by atoms with Crippen molar-refractivity contribution in [2.45, 2.75) is 0 Å². The van der Waals surface area contributed by atoms with Gasteiger partial charge in [-0.2, -0.15) is 0 Å². The summed E-state index contributed by atoms with van der Waals surface area (Å²) >= 11 is 0. The molecule has 0 radical (unpaired) electrons. The van der Waals surface area contributed by atoms with Crippen molar-refractivity contribution < 1.29 is 4.42 Å². The van der Waals surface area contributed by atoms with E-state index >= 15 is 0 Å². The first-order valence-electron chi connectivity index (χ1n) is 10.1. The number of hydrogen-bond acceptors (Lipinski definition) is 5. The number of aromatic nitrogens is 2. The summed E-state index contributed by atoms with van der Waals surface area (Å²) in [5.41, 5.74) is 1.99. The Morgan fingerprint density at radius 3 is 2.06 bits per heavy atom. The van der Waals surface area contributed by atoms with Gasteiger partial charge in [0.1, 0.15) is 11.2 Å². The lowest BCUT2D eigenvalue weighted by Crippen LogP contribution is -2.15. The molecule has 7 aromatic rings. The number of pyridine rings is 3. The quantitative estimate of drug-likeness (QED) is 0.273. The number of para-hydroxylation sites is 2. The zero-order valence-corrected chi connectivity index (χ0v) is 16.5. The molecule has 0 atom stereocenters. The zero-order valence-electron chi connectivity index (χ0n) is 16.5. The van der Waals surface area contributed by atoms with Gasteiger partial charge in [-0.05, 0) is 30.3 Å². The molecule has 0 N–H and O–H groups in total. The van der Waals surface area contributed by atoms with Crippen molar-refractivity contribution in [3.05, 3.63) is 104 Å². The molecule has 0 saturated carbocycles. The van der Waals surface area contributed by atoms with E-state index in [1.165, 1.54) is 12.4 Å². The first kappa shape index (κ1) is 17.1. The van der Waals surface area contributed by atoms with Crippen molar-refractivity contribution in [2.24, 2.45) is 0 Å². The van der Waals surface area contributed by atoms with Crippen molar-refractivity contribution in [1.82, 2.24) is 9.38 Å². The zero-order chi connectivity index (χ0) is 21.6. The largest absolute Gasteiger partial charge is 0.456 e. The Morgan fingerprint density at radius 2 is 1.25 bits per heavy atom. The first-order chi connectivity index (χ1) is 15.6. The van der Waals surface area contributed by atoms with Gasteiger partial charge in [-0.1, -0.05) is 24.3 Å². The summed E-state index contributed by atoms with van der Waals surface area (Å²) in [7, 11) is 0. The average molecular weight is 416 g/mol. The molecule has 0 spiro atoms. The fraction of sp³-hybridized carbons (Fsp3) is 0.